The Morgan fingerprint density at radius 3 is 2.57 bits per heavy atom. The quantitative estimate of drug-likeness (QED) is 0.280. The zero-order valence-electron chi connectivity index (χ0n) is 21.2. The molecule has 2 aliphatic rings. The van der Waals surface area contributed by atoms with Crippen LogP contribution in [-0.4, -0.2) is 65.8 Å². The molecule has 2 aromatic carbocycles. The van der Waals surface area contributed by atoms with Gasteiger partial charge in [0.15, 0.2) is 0 Å². The lowest BCUT2D eigenvalue weighted by Crippen LogP contribution is -2.37. The number of hydrogen-bond donors (Lipinski definition) is 0. The van der Waals surface area contributed by atoms with Gasteiger partial charge in [-0.15, -0.1) is 0 Å². The molecule has 2 aromatic rings. The fraction of sp³-hybridized carbons (Fsp3) is 0.393. The summed E-state index contributed by atoms with van der Waals surface area (Å²) in [5, 5.41) is 0.647. The summed E-state index contributed by atoms with van der Waals surface area (Å²) in [5.74, 6) is -0.0519. The van der Waals surface area contributed by atoms with Crippen LogP contribution in [0.25, 0.3) is 6.08 Å². The number of hydrogen-bond acceptors (Lipinski definition) is 6. The third-order valence-electron chi connectivity index (χ3n) is 6.44. The predicted molar refractivity (Wildman–Crippen MR) is 156 cm³/mol. The molecule has 2 aliphatic heterocycles. The van der Waals surface area contributed by atoms with Gasteiger partial charge in [-0.1, -0.05) is 59.8 Å². The van der Waals surface area contributed by atoms with Crippen molar-refractivity contribution >= 4 is 63.5 Å². The molecule has 0 bridgehead atoms. The van der Waals surface area contributed by atoms with Crippen LogP contribution in [0.3, 0.4) is 0 Å². The monoisotopic (exact) mass is 557 g/mol. The van der Waals surface area contributed by atoms with E-state index in [1.54, 1.807) is 17.0 Å². The number of ether oxygens (including phenoxy) is 1. The van der Waals surface area contributed by atoms with Crippen molar-refractivity contribution in [3.63, 3.8) is 0 Å². The average molecular weight is 558 g/mol. The van der Waals surface area contributed by atoms with Crippen molar-refractivity contribution < 1.29 is 14.3 Å². The molecule has 2 heterocycles. The van der Waals surface area contributed by atoms with Crippen LogP contribution in [0.4, 0.5) is 5.69 Å². The lowest BCUT2D eigenvalue weighted by atomic mass is 10.1. The van der Waals surface area contributed by atoms with E-state index < -0.39 is 0 Å². The summed E-state index contributed by atoms with van der Waals surface area (Å²) in [5.41, 5.74) is 3.10. The van der Waals surface area contributed by atoms with Crippen molar-refractivity contribution in [1.29, 1.82) is 0 Å². The lowest BCUT2D eigenvalue weighted by molar-refractivity contribution is -0.134. The van der Waals surface area contributed by atoms with Gasteiger partial charge in [-0.25, -0.2) is 0 Å². The first-order chi connectivity index (χ1) is 17.8. The Bertz CT molecular complexity index is 1150. The number of nitrogens with zero attached hydrogens (tertiary/aromatic N) is 3. The SMILES string of the molecule is CN(C)c1ccc(CN(CC2CCCO2)C(=O)CCCN2C(=O)/C(=C/c3ccc(Cl)cc3)SC2=S)cc1. The Hall–Kier alpha value is -2.39. The second kappa shape index (κ2) is 12.9. The summed E-state index contributed by atoms with van der Waals surface area (Å²) in [4.78, 5) is 32.4. The zero-order valence-corrected chi connectivity index (χ0v) is 23.6. The molecule has 2 amide bonds. The molecular formula is C28H32ClN3O3S2. The molecule has 0 radical (unpaired) electrons. The molecule has 1 unspecified atom stereocenters. The maximum Gasteiger partial charge on any atom is 0.266 e. The van der Waals surface area contributed by atoms with Crippen molar-refractivity contribution in [2.24, 2.45) is 0 Å². The highest BCUT2D eigenvalue weighted by atomic mass is 35.5. The van der Waals surface area contributed by atoms with E-state index in [2.05, 4.69) is 29.2 Å². The molecule has 0 saturated carbocycles. The fourth-order valence-corrected chi connectivity index (χ4v) is 5.79. The van der Waals surface area contributed by atoms with Crippen molar-refractivity contribution in [3.8, 4) is 0 Å². The van der Waals surface area contributed by atoms with Crippen LogP contribution in [0.2, 0.25) is 5.02 Å². The molecule has 0 aliphatic carbocycles. The number of anilines is 1. The highest BCUT2D eigenvalue weighted by molar-refractivity contribution is 8.26. The third-order valence-corrected chi connectivity index (χ3v) is 8.07. The van der Waals surface area contributed by atoms with Crippen LogP contribution < -0.4 is 4.90 Å². The van der Waals surface area contributed by atoms with Crippen molar-refractivity contribution in [2.75, 3.05) is 38.7 Å². The molecule has 0 spiro atoms. The number of thioether (sulfide) groups is 1. The van der Waals surface area contributed by atoms with Gasteiger partial charge in [0.1, 0.15) is 4.32 Å². The first-order valence-electron chi connectivity index (χ1n) is 12.5. The molecule has 37 heavy (non-hydrogen) atoms. The Kier molecular flexibility index (Phi) is 9.65. The summed E-state index contributed by atoms with van der Waals surface area (Å²) in [6.07, 6.45) is 4.79. The normalized spacial score (nSPS) is 18.6. The summed E-state index contributed by atoms with van der Waals surface area (Å²) >= 11 is 12.7. The summed E-state index contributed by atoms with van der Waals surface area (Å²) in [7, 11) is 4.02. The average Bonchev–Trinajstić information content (AvgIpc) is 3.48. The summed E-state index contributed by atoms with van der Waals surface area (Å²) in [6.45, 7) is 2.29. The van der Waals surface area contributed by atoms with E-state index in [-0.39, 0.29) is 17.9 Å². The Labute approximate surface area is 233 Å². The van der Waals surface area contributed by atoms with Gasteiger partial charge in [-0.3, -0.25) is 14.5 Å². The van der Waals surface area contributed by atoms with E-state index in [4.69, 9.17) is 28.6 Å². The fourth-order valence-electron chi connectivity index (χ4n) is 4.36. The molecule has 9 heteroatoms. The minimum atomic E-state index is -0.116. The molecule has 2 fully saturated rings. The van der Waals surface area contributed by atoms with Crippen molar-refractivity contribution in [1.82, 2.24) is 9.80 Å². The maximum atomic E-state index is 13.3. The molecular weight excluding hydrogens is 526 g/mol. The molecule has 1 atom stereocenters. The number of thiocarbonyl (C=S) groups is 1. The van der Waals surface area contributed by atoms with E-state index in [0.717, 1.165) is 36.3 Å². The Balaban J connectivity index is 1.35. The number of carbonyl (C=O) groups is 2. The maximum absolute atomic E-state index is 13.3. The van der Waals surface area contributed by atoms with Gasteiger partial charge in [0.2, 0.25) is 5.91 Å². The minimum Gasteiger partial charge on any atom is -0.378 e. The molecule has 2 saturated heterocycles. The second-order valence-electron chi connectivity index (χ2n) is 9.46. The van der Waals surface area contributed by atoms with Gasteiger partial charge in [0.05, 0.1) is 11.0 Å². The molecule has 0 aromatic heterocycles. The largest absolute Gasteiger partial charge is 0.378 e. The highest BCUT2D eigenvalue weighted by Gasteiger charge is 2.32. The first-order valence-corrected chi connectivity index (χ1v) is 14.1. The summed E-state index contributed by atoms with van der Waals surface area (Å²) < 4.78 is 6.34. The standard InChI is InChI=1S/C28H32ClN3O3S2/c1-30(2)23-13-9-21(10-14-23)18-31(19-24-5-4-16-35-24)26(33)6-3-15-32-27(34)25(37-28(32)36)17-20-7-11-22(29)12-8-20/h7-14,17,24H,3-6,15-16,18-19H2,1-2H3/b25-17-. The Morgan fingerprint density at radius 2 is 1.92 bits per heavy atom. The number of carbonyl (C=O) groups excluding carboxylic acids is 2. The number of halogens is 1. The number of amides is 2. The zero-order chi connectivity index (χ0) is 26.4. The van der Waals surface area contributed by atoms with E-state index in [1.807, 2.05) is 37.2 Å². The van der Waals surface area contributed by atoms with Crippen LogP contribution in [0.1, 0.15) is 36.8 Å². The van der Waals surface area contributed by atoms with Crippen LogP contribution in [0.15, 0.2) is 53.4 Å². The van der Waals surface area contributed by atoms with Crippen LogP contribution in [-0.2, 0) is 20.9 Å². The van der Waals surface area contributed by atoms with Crippen LogP contribution >= 0.6 is 35.6 Å². The second-order valence-corrected chi connectivity index (χ2v) is 11.6. The van der Waals surface area contributed by atoms with Crippen LogP contribution in [0, 0.1) is 0 Å². The minimum absolute atomic E-state index is 0.0642. The van der Waals surface area contributed by atoms with Gasteiger partial charge in [0, 0.05) is 57.5 Å². The smallest absolute Gasteiger partial charge is 0.266 e. The van der Waals surface area contributed by atoms with Crippen molar-refractivity contribution in [2.45, 2.75) is 38.3 Å². The van der Waals surface area contributed by atoms with Gasteiger partial charge >= 0.3 is 0 Å². The van der Waals surface area contributed by atoms with E-state index in [1.165, 1.54) is 11.8 Å². The van der Waals surface area contributed by atoms with E-state index in [9.17, 15) is 9.59 Å². The first kappa shape index (κ1) is 27.6. The molecule has 196 valence electrons. The van der Waals surface area contributed by atoms with Crippen molar-refractivity contribution in [3.05, 3.63) is 69.6 Å². The topological polar surface area (TPSA) is 53.1 Å². The Morgan fingerprint density at radius 1 is 1.19 bits per heavy atom. The molecule has 4 rings (SSSR count). The lowest BCUT2D eigenvalue weighted by Gasteiger charge is -2.26. The van der Waals surface area contributed by atoms with Gasteiger partial charge < -0.3 is 14.5 Å². The molecule has 6 nitrogen and oxygen atoms in total. The number of benzene rings is 2. The summed E-state index contributed by atoms with van der Waals surface area (Å²) in [6, 6.07) is 15.6. The van der Waals surface area contributed by atoms with E-state index in [0.29, 0.717) is 46.7 Å². The number of rotatable bonds is 10. The van der Waals surface area contributed by atoms with Crippen LogP contribution in [0.5, 0.6) is 0 Å². The van der Waals surface area contributed by atoms with E-state index >= 15 is 0 Å². The highest BCUT2D eigenvalue weighted by Crippen LogP contribution is 2.33. The van der Waals surface area contributed by atoms with Gasteiger partial charge in [-0.05, 0) is 60.7 Å². The third kappa shape index (κ3) is 7.57. The molecule has 0 N–H and O–H groups in total. The predicted octanol–water partition coefficient (Wildman–Crippen LogP) is 5.60. The van der Waals surface area contributed by atoms with Gasteiger partial charge in [0.25, 0.3) is 5.91 Å². The van der Waals surface area contributed by atoms with Gasteiger partial charge in [-0.2, -0.15) is 0 Å².